The lowest BCUT2D eigenvalue weighted by atomic mass is 9.69. The van der Waals surface area contributed by atoms with E-state index in [-0.39, 0.29) is 42.9 Å². The van der Waals surface area contributed by atoms with Gasteiger partial charge in [-0.15, -0.1) is 11.3 Å². The highest BCUT2D eigenvalue weighted by molar-refractivity contribution is 7.18. The first-order chi connectivity index (χ1) is 13.9. The molecular formula is C20H16N4O4S. The molecule has 3 aliphatic rings. The van der Waals surface area contributed by atoms with E-state index in [0.29, 0.717) is 5.01 Å². The second-order valence-electron chi connectivity index (χ2n) is 7.24. The molecule has 1 spiro atoms. The number of fused-ring (bicyclic) bond motifs is 2. The van der Waals surface area contributed by atoms with Crippen LogP contribution in [0.5, 0.6) is 0 Å². The topological polar surface area (TPSA) is 114 Å². The molecular weight excluding hydrogens is 392 g/mol. The van der Waals surface area contributed by atoms with Crippen molar-refractivity contribution in [2.45, 2.75) is 19.4 Å². The van der Waals surface area contributed by atoms with E-state index < -0.39 is 23.1 Å². The van der Waals surface area contributed by atoms with Gasteiger partial charge in [0.05, 0.1) is 16.8 Å². The van der Waals surface area contributed by atoms with Crippen LogP contribution in [0.4, 0.5) is 0 Å². The molecule has 3 amide bonds. The zero-order valence-electron chi connectivity index (χ0n) is 15.3. The monoisotopic (exact) mass is 408 g/mol. The van der Waals surface area contributed by atoms with Gasteiger partial charge in [0.15, 0.2) is 11.2 Å². The first-order valence-corrected chi connectivity index (χ1v) is 9.97. The number of amides is 3. The predicted molar refractivity (Wildman–Crippen MR) is 104 cm³/mol. The van der Waals surface area contributed by atoms with Crippen molar-refractivity contribution in [1.29, 1.82) is 0 Å². The molecule has 5 rings (SSSR count). The lowest BCUT2D eigenvalue weighted by molar-refractivity contribution is -0.157. The minimum atomic E-state index is -1.73. The molecule has 1 aromatic heterocycles. The highest BCUT2D eigenvalue weighted by Gasteiger charge is 2.62. The summed E-state index contributed by atoms with van der Waals surface area (Å²) in [5.41, 5.74) is -0.854. The van der Waals surface area contributed by atoms with Gasteiger partial charge in [-0.25, -0.2) is 10.8 Å². The number of Topliss-reactive ketones (excluding diaryl/α,β-unsaturated/α-hetero) is 1. The highest BCUT2D eigenvalue weighted by Crippen LogP contribution is 2.47. The number of para-hydroxylation sites is 1. The summed E-state index contributed by atoms with van der Waals surface area (Å²) in [6.45, 7) is 0.0803. The molecule has 2 aromatic rings. The van der Waals surface area contributed by atoms with E-state index in [9.17, 15) is 19.2 Å². The number of ketones is 1. The molecule has 3 heterocycles. The summed E-state index contributed by atoms with van der Waals surface area (Å²) in [4.78, 5) is 57.8. The smallest absolute Gasteiger partial charge is 0.261 e. The fourth-order valence-electron chi connectivity index (χ4n) is 4.28. The number of thiazole rings is 1. The SMILES string of the molecule is NN1CCC2(C1=O)C(=O)N(Cc1nc3ccccc3s1)C(=O)C1=C2C(=O)CC=C1. The number of hydrogen-bond donors (Lipinski definition) is 1. The maximum atomic E-state index is 13.5. The Morgan fingerprint density at radius 3 is 2.66 bits per heavy atom. The van der Waals surface area contributed by atoms with Crippen LogP contribution in [0.1, 0.15) is 17.8 Å². The summed E-state index contributed by atoms with van der Waals surface area (Å²) >= 11 is 1.38. The van der Waals surface area contributed by atoms with Gasteiger partial charge in [-0.05, 0) is 18.6 Å². The maximum absolute atomic E-state index is 13.5. The Morgan fingerprint density at radius 2 is 1.93 bits per heavy atom. The minimum absolute atomic E-state index is 0.00602. The Kier molecular flexibility index (Phi) is 3.80. The van der Waals surface area contributed by atoms with E-state index in [4.69, 9.17) is 5.84 Å². The Labute approximate surface area is 169 Å². The van der Waals surface area contributed by atoms with Crippen LogP contribution in [0, 0.1) is 5.41 Å². The molecule has 2 aliphatic heterocycles. The number of aromatic nitrogens is 1. The Hall–Kier alpha value is -3.17. The lowest BCUT2D eigenvalue weighted by Crippen LogP contribution is -2.57. The van der Waals surface area contributed by atoms with Crippen LogP contribution in [0.25, 0.3) is 10.2 Å². The number of rotatable bonds is 2. The normalized spacial score (nSPS) is 24.4. The minimum Gasteiger partial charge on any atom is -0.294 e. The summed E-state index contributed by atoms with van der Waals surface area (Å²) in [5, 5.41) is 1.54. The van der Waals surface area contributed by atoms with Gasteiger partial charge in [0.25, 0.3) is 11.8 Å². The van der Waals surface area contributed by atoms with E-state index in [1.165, 1.54) is 17.4 Å². The predicted octanol–water partition coefficient (Wildman–Crippen LogP) is 1.08. The highest BCUT2D eigenvalue weighted by atomic mass is 32.1. The number of imide groups is 1. The van der Waals surface area contributed by atoms with Gasteiger partial charge in [0.2, 0.25) is 5.91 Å². The van der Waals surface area contributed by atoms with Gasteiger partial charge in [-0.1, -0.05) is 24.3 Å². The number of benzene rings is 1. The molecule has 1 aliphatic carbocycles. The molecule has 9 heteroatoms. The third kappa shape index (κ3) is 2.37. The number of hydrogen-bond acceptors (Lipinski definition) is 7. The van der Waals surface area contributed by atoms with Crippen molar-refractivity contribution in [1.82, 2.24) is 14.9 Å². The number of nitrogens with two attached hydrogens (primary N) is 1. The third-order valence-corrected chi connectivity index (χ3v) is 6.65. The third-order valence-electron chi connectivity index (χ3n) is 5.63. The molecule has 1 atom stereocenters. The quantitative estimate of drug-likeness (QED) is 0.344. The van der Waals surface area contributed by atoms with E-state index >= 15 is 0 Å². The average molecular weight is 408 g/mol. The Bertz CT molecular complexity index is 1150. The van der Waals surface area contributed by atoms with Gasteiger partial charge in [-0.3, -0.25) is 29.1 Å². The average Bonchev–Trinajstić information content (AvgIpc) is 3.25. The van der Waals surface area contributed by atoms with Crippen LogP contribution in [0.3, 0.4) is 0 Å². The number of carbonyl (C=O) groups is 4. The van der Waals surface area contributed by atoms with Crippen molar-refractivity contribution in [2.75, 3.05) is 6.54 Å². The first kappa shape index (κ1) is 17.9. The molecule has 0 saturated carbocycles. The number of allylic oxidation sites excluding steroid dienone is 1. The summed E-state index contributed by atoms with van der Waals surface area (Å²) in [6.07, 6.45) is 3.24. The van der Waals surface area contributed by atoms with E-state index in [1.54, 1.807) is 6.08 Å². The molecule has 1 aromatic carbocycles. The summed E-state index contributed by atoms with van der Waals surface area (Å²) in [7, 11) is 0. The van der Waals surface area contributed by atoms with Crippen molar-refractivity contribution in [3.8, 4) is 0 Å². The van der Waals surface area contributed by atoms with Gasteiger partial charge < -0.3 is 0 Å². The van der Waals surface area contributed by atoms with Crippen LogP contribution in [0.2, 0.25) is 0 Å². The van der Waals surface area contributed by atoms with Gasteiger partial charge in [0, 0.05) is 24.1 Å². The molecule has 2 N–H and O–H groups in total. The Balaban J connectivity index is 1.63. The largest absolute Gasteiger partial charge is 0.294 e. The van der Waals surface area contributed by atoms with E-state index in [1.807, 2.05) is 24.3 Å². The van der Waals surface area contributed by atoms with Crippen LogP contribution >= 0.6 is 11.3 Å². The van der Waals surface area contributed by atoms with E-state index in [2.05, 4.69) is 4.98 Å². The first-order valence-electron chi connectivity index (χ1n) is 9.15. The number of carbonyl (C=O) groups excluding carboxylic acids is 4. The Morgan fingerprint density at radius 1 is 1.14 bits per heavy atom. The second-order valence-corrected chi connectivity index (χ2v) is 8.36. The van der Waals surface area contributed by atoms with Crippen molar-refractivity contribution < 1.29 is 19.2 Å². The maximum Gasteiger partial charge on any atom is 0.261 e. The molecule has 0 radical (unpaired) electrons. The summed E-state index contributed by atoms with van der Waals surface area (Å²) in [6, 6.07) is 7.51. The summed E-state index contributed by atoms with van der Waals surface area (Å²) in [5.74, 6) is 3.47. The van der Waals surface area contributed by atoms with Crippen molar-refractivity contribution in [3.63, 3.8) is 0 Å². The van der Waals surface area contributed by atoms with Crippen molar-refractivity contribution in [2.24, 2.45) is 11.3 Å². The van der Waals surface area contributed by atoms with E-state index in [0.717, 1.165) is 20.1 Å². The van der Waals surface area contributed by atoms with Crippen LogP contribution in [-0.2, 0) is 25.7 Å². The molecule has 8 nitrogen and oxygen atoms in total. The van der Waals surface area contributed by atoms with Crippen LogP contribution in [-0.4, -0.2) is 44.9 Å². The zero-order chi connectivity index (χ0) is 20.3. The summed E-state index contributed by atoms with van der Waals surface area (Å²) < 4.78 is 0.937. The lowest BCUT2D eigenvalue weighted by Gasteiger charge is -2.39. The number of hydrazine groups is 1. The molecule has 29 heavy (non-hydrogen) atoms. The van der Waals surface area contributed by atoms with Crippen molar-refractivity contribution in [3.05, 3.63) is 52.6 Å². The number of nitrogens with zero attached hydrogens (tertiary/aromatic N) is 3. The van der Waals surface area contributed by atoms with Gasteiger partial charge in [-0.2, -0.15) is 0 Å². The standard InChI is InChI=1S/C20H16N4O4S/c21-24-9-8-20(19(24)28)16-11(4-3-6-13(16)25)17(26)23(18(20)27)10-15-22-12-5-1-2-7-14(12)29-15/h1-5,7H,6,8-10,21H2. The molecule has 0 bridgehead atoms. The van der Waals surface area contributed by atoms with Crippen LogP contribution < -0.4 is 5.84 Å². The fourth-order valence-corrected chi connectivity index (χ4v) is 5.24. The second kappa shape index (κ2) is 6.16. The zero-order valence-corrected chi connectivity index (χ0v) is 16.1. The van der Waals surface area contributed by atoms with Crippen molar-refractivity contribution >= 4 is 45.1 Å². The molecule has 146 valence electrons. The molecule has 1 unspecified atom stereocenters. The molecule has 1 saturated heterocycles. The van der Waals surface area contributed by atoms with Crippen LogP contribution in [0.15, 0.2) is 47.6 Å². The van der Waals surface area contributed by atoms with Gasteiger partial charge in [0.1, 0.15) is 5.01 Å². The fraction of sp³-hybridized carbons (Fsp3) is 0.250. The molecule has 1 fully saturated rings. The van der Waals surface area contributed by atoms with Gasteiger partial charge >= 0.3 is 0 Å².